The number of rotatable bonds is 8. The van der Waals surface area contributed by atoms with Gasteiger partial charge in [-0.25, -0.2) is 0 Å². The van der Waals surface area contributed by atoms with Crippen LogP contribution in [0.15, 0.2) is 24.3 Å². The van der Waals surface area contributed by atoms with E-state index in [4.69, 9.17) is 17.0 Å². The molecule has 1 aliphatic heterocycles. The maximum Gasteiger partial charge on any atom is 0.169 e. The van der Waals surface area contributed by atoms with Gasteiger partial charge < -0.3 is 19.9 Å². The summed E-state index contributed by atoms with van der Waals surface area (Å²) < 4.78 is 5.49. The van der Waals surface area contributed by atoms with Crippen molar-refractivity contribution in [2.75, 3.05) is 58.4 Å². The highest BCUT2D eigenvalue weighted by Gasteiger charge is 2.17. The second kappa shape index (κ2) is 13.2. The molecule has 5 nitrogen and oxygen atoms in total. The Hall–Kier alpha value is -1.37. The Labute approximate surface area is 195 Å². The van der Waals surface area contributed by atoms with Gasteiger partial charge in [0, 0.05) is 58.5 Å². The average Bonchev–Trinajstić information content (AvgIpc) is 2.76. The molecule has 0 aromatic heterocycles. The maximum atomic E-state index is 5.94. The van der Waals surface area contributed by atoms with Crippen molar-refractivity contribution in [2.45, 2.75) is 64.0 Å². The first-order valence-electron chi connectivity index (χ1n) is 12.2. The Morgan fingerprint density at radius 2 is 1.68 bits per heavy atom. The molecular weight excluding hydrogens is 404 g/mol. The molecule has 0 unspecified atom stereocenters. The third-order valence-corrected chi connectivity index (χ3v) is 6.93. The number of morpholine rings is 1. The number of nitrogens with zero attached hydrogens (tertiary/aromatic N) is 3. The first-order valence-corrected chi connectivity index (χ1v) is 12.6. The van der Waals surface area contributed by atoms with Gasteiger partial charge in [-0.2, -0.15) is 0 Å². The predicted molar refractivity (Wildman–Crippen MR) is 135 cm³/mol. The highest BCUT2D eigenvalue weighted by Crippen LogP contribution is 2.18. The summed E-state index contributed by atoms with van der Waals surface area (Å²) in [7, 11) is 4.17. The third-order valence-electron chi connectivity index (χ3n) is 6.55. The van der Waals surface area contributed by atoms with Gasteiger partial charge in [0.1, 0.15) is 0 Å². The van der Waals surface area contributed by atoms with Gasteiger partial charge in [0.2, 0.25) is 0 Å². The zero-order valence-electron chi connectivity index (χ0n) is 19.7. The number of hydrogen-bond donors (Lipinski definition) is 1. The topological polar surface area (TPSA) is 31.0 Å². The molecule has 2 aliphatic rings. The van der Waals surface area contributed by atoms with Crippen LogP contribution in [0.5, 0.6) is 0 Å². The van der Waals surface area contributed by atoms with Crippen LogP contribution in [0.1, 0.15) is 56.9 Å². The molecule has 1 N–H and O–H groups in total. The van der Waals surface area contributed by atoms with E-state index in [1.807, 2.05) is 0 Å². The second-order valence-corrected chi connectivity index (χ2v) is 9.67. The van der Waals surface area contributed by atoms with Crippen molar-refractivity contribution in [2.24, 2.45) is 0 Å². The summed E-state index contributed by atoms with van der Waals surface area (Å²) in [5, 5.41) is 4.68. The summed E-state index contributed by atoms with van der Waals surface area (Å²) in [6, 6.07) is 9.41. The van der Waals surface area contributed by atoms with Gasteiger partial charge in [0.15, 0.2) is 5.11 Å². The lowest BCUT2D eigenvalue weighted by molar-refractivity contribution is 0.0367. The molecule has 1 aromatic rings. The molecule has 1 heterocycles. The van der Waals surface area contributed by atoms with E-state index in [0.717, 1.165) is 57.5 Å². The number of ether oxygens (including phenoxy) is 1. The molecule has 0 amide bonds. The fourth-order valence-electron chi connectivity index (χ4n) is 4.55. The van der Waals surface area contributed by atoms with Gasteiger partial charge in [0.25, 0.3) is 0 Å². The Morgan fingerprint density at radius 1 is 1.03 bits per heavy atom. The van der Waals surface area contributed by atoms with Crippen molar-refractivity contribution in [1.29, 1.82) is 0 Å². The van der Waals surface area contributed by atoms with Crippen LogP contribution < -0.4 is 10.2 Å². The Kier molecular flexibility index (Phi) is 10.4. The van der Waals surface area contributed by atoms with E-state index in [1.165, 1.54) is 56.2 Å². The first kappa shape index (κ1) is 24.3. The summed E-state index contributed by atoms with van der Waals surface area (Å²) >= 11 is 5.94. The zero-order valence-corrected chi connectivity index (χ0v) is 20.5. The molecule has 1 aliphatic carbocycles. The highest BCUT2D eigenvalue weighted by molar-refractivity contribution is 7.80. The Morgan fingerprint density at radius 3 is 2.32 bits per heavy atom. The maximum absolute atomic E-state index is 5.94. The van der Waals surface area contributed by atoms with E-state index in [2.05, 4.69) is 58.4 Å². The summed E-state index contributed by atoms with van der Waals surface area (Å²) in [6.07, 6.45) is 10.4. The number of thiocarbonyl (C=S) groups is 1. The Balaban J connectivity index is 1.58. The van der Waals surface area contributed by atoms with Crippen LogP contribution in [0.25, 0.3) is 0 Å². The van der Waals surface area contributed by atoms with E-state index < -0.39 is 0 Å². The minimum Gasteiger partial charge on any atom is -0.379 e. The van der Waals surface area contributed by atoms with E-state index >= 15 is 0 Å². The van der Waals surface area contributed by atoms with Crippen LogP contribution in [0.2, 0.25) is 0 Å². The van der Waals surface area contributed by atoms with Crippen molar-refractivity contribution in [3.05, 3.63) is 29.8 Å². The quantitative estimate of drug-likeness (QED) is 0.601. The molecule has 31 heavy (non-hydrogen) atoms. The van der Waals surface area contributed by atoms with Gasteiger partial charge in [-0.3, -0.25) is 4.90 Å². The number of benzene rings is 1. The molecule has 3 rings (SSSR count). The fraction of sp³-hybridized carbons (Fsp3) is 0.720. The molecule has 6 heteroatoms. The third kappa shape index (κ3) is 8.59. The van der Waals surface area contributed by atoms with Crippen molar-refractivity contribution in [3.8, 4) is 0 Å². The molecule has 2 fully saturated rings. The van der Waals surface area contributed by atoms with Crippen molar-refractivity contribution in [3.63, 3.8) is 0 Å². The average molecular weight is 447 g/mol. The minimum absolute atomic E-state index is 0.533. The molecule has 0 atom stereocenters. The summed E-state index contributed by atoms with van der Waals surface area (Å²) in [4.78, 5) is 7.04. The van der Waals surface area contributed by atoms with Gasteiger partial charge >= 0.3 is 0 Å². The number of anilines is 1. The molecule has 0 bridgehead atoms. The van der Waals surface area contributed by atoms with Crippen molar-refractivity contribution >= 4 is 23.0 Å². The van der Waals surface area contributed by atoms with Gasteiger partial charge in [-0.05, 0) is 49.2 Å². The van der Waals surface area contributed by atoms with Crippen molar-refractivity contribution < 1.29 is 4.74 Å². The van der Waals surface area contributed by atoms with Gasteiger partial charge in [-0.1, -0.05) is 44.2 Å². The number of nitrogens with one attached hydrogen (secondary N) is 1. The summed E-state index contributed by atoms with van der Waals surface area (Å²) in [5.74, 6) is 0. The standard InChI is InChI=1S/C25H42N4OS/c1-27(2)24-13-11-22(12-14-24)21-29(16-8-15-28-17-19-30-20-18-28)25(31)26-23-9-6-4-3-5-7-10-23/h11-14,23H,3-10,15-21H2,1-2H3,(H,26,31). The smallest absolute Gasteiger partial charge is 0.169 e. The molecule has 1 saturated heterocycles. The molecule has 0 radical (unpaired) electrons. The van der Waals surface area contributed by atoms with Crippen LogP contribution >= 0.6 is 12.2 Å². The highest BCUT2D eigenvalue weighted by atomic mass is 32.1. The summed E-state index contributed by atoms with van der Waals surface area (Å²) in [6.45, 7) is 6.81. The van der Waals surface area contributed by atoms with Gasteiger partial charge in [-0.15, -0.1) is 0 Å². The first-order chi connectivity index (χ1) is 15.1. The van der Waals surface area contributed by atoms with E-state index in [-0.39, 0.29) is 0 Å². The van der Waals surface area contributed by atoms with Crippen LogP contribution in [0.4, 0.5) is 5.69 Å². The normalized spacial score (nSPS) is 18.8. The SMILES string of the molecule is CN(C)c1ccc(CN(CCCN2CCOCC2)C(=S)NC2CCCCCCC2)cc1. The fourth-order valence-corrected chi connectivity index (χ4v) is 4.87. The van der Waals surface area contributed by atoms with Gasteiger partial charge in [0.05, 0.1) is 13.2 Å². The van der Waals surface area contributed by atoms with E-state index in [0.29, 0.717) is 6.04 Å². The molecular formula is C25H42N4OS. The second-order valence-electron chi connectivity index (χ2n) is 9.28. The monoisotopic (exact) mass is 446 g/mol. The van der Waals surface area contributed by atoms with E-state index in [1.54, 1.807) is 0 Å². The lowest BCUT2D eigenvalue weighted by Crippen LogP contribution is -2.45. The largest absolute Gasteiger partial charge is 0.379 e. The number of hydrogen-bond acceptors (Lipinski definition) is 4. The molecule has 1 saturated carbocycles. The van der Waals surface area contributed by atoms with E-state index in [9.17, 15) is 0 Å². The van der Waals surface area contributed by atoms with Crippen LogP contribution in [-0.2, 0) is 11.3 Å². The molecule has 0 spiro atoms. The Bertz CT molecular complexity index is 637. The molecule has 174 valence electrons. The summed E-state index contributed by atoms with van der Waals surface area (Å²) in [5.41, 5.74) is 2.55. The zero-order chi connectivity index (χ0) is 21.9. The van der Waals surface area contributed by atoms with Crippen LogP contribution in [-0.4, -0.2) is 74.4 Å². The molecule has 1 aromatic carbocycles. The van der Waals surface area contributed by atoms with Crippen molar-refractivity contribution in [1.82, 2.24) is 15.1 Å². The van der Waals surface area contributed by atoms with Crippen LogP contribution in [0.3, 0.4) is 0 Å². The predicted octanol–water partition coefficient (Wildman–Crippen LogP) is 4.26. The van der Waals surface area contributed by atoms with Crippen LogP contribution in [0, 0.1) is 0 Å². The lowest BCUT2D eigenvalue weighted by atomic mass is 9.97. The minimum atomic E-state index is 0.533. The lowest BCUT2D eigenvalue weighted by Gasteiger charge is -2.32.